The maximum absolute atomic E-state index is 12.7. The van der Waals surface area contributed by atoms with Crippen LogP contribution in [0.25, 0.3) is 0 Å². The lowest BCUT2D eigenvalue weighted by atomic mass is 9.79. The molecular weight excluding hydrogens is 335 g/mol. The van der Waals surface area contributed by atoms with Gasteiger partial charge in [-0.05, 0) is 37.1 Å². The summed E-state index contributed by atoms with van der Waals surface area (Å²) in [6, 6.07) is 8.23. The molecule has 8 nitrogen and oxygen atoms in total. The van der Waals surface area contributed by atoms with Crippen LogP contribution in [0.1, 0.15) is 34.8 Å². The number of rotatable bonds is 4. The Labute approximate surface area is 151 Å². The molecule has 0 bridgehead atoms. The number of ether oxygens (including phenoxy) is 1. The molecule has 1 aromatic heterocycles. The summed E-state index contributed by atoms with van der Waals surface area (Å²) >= 11 is 0. The van der Waals surface area contributed by atoms with Crippen LogP contribution in [0.4, 0.5) is 5.82 Å². The highest BCUT2D eigenvalue weighted by Crippen LogP contribution is 2.27. The van der Waals surface area contributed by atoms with Gasteiger partial charge < -0.3 is 25.4 Å². The molecule has 1 aliphatic rings. The molecule has 0 radical (unpaired) electrons. The van der Waals surface area contributed by atoms with Gasteiger partial charge in [0.2, 0.25) is 0 Å². The number of amides is 1. The third-order valence-corrected chi connectivity index (χ3v) is 4.66. The fraction of sp³-hybridized carbons (Fsp3) is 0.353. The van der Waals surface area contributed by atoms with Gasteiger partial charge in [-0.1, -0.05) is 6.07 Å². The van der Waals surface area contributed by atoms with Crippen LogP contribution in [0.15, 0.2) is 30.3 Å². The van der Waals surface area contributed by atoms with Gasteiger partial charge >= 0.3 is 7.12 Å². The van der Waals surface area contributed by atoms with Gasteiger partial charge in [0.1, 0.15) is 11.6 Å². The van der Waals surface area contributed by atoms with Crippen LogP contribution in [-0.4, -0.2) is 58.4 Å². The van der Waals surface area contributed by atoms with E-state index in [1.165, 1.54) is 19.2 Å². The molecule has 3 rings (SSSR count). The summed E-state index contributed by atoms with van der Waals surface area (Å²) in [5.41, 5.74) is 7.15. The van der Waals surface area contributed by atoms with Gasteiger partial charge in [0, 0.05) is 30.0 Å². The number of anilines is 1. The Morgan fingerprint density at radius 1 is 1.23 bits per heavy atom. The first-order valence-electron chi connectivity index (χ1n) is 8.42. The van der Waals surface area contributed by atoms with E-state index < -0.39 is 7.12 Å². The van der Waals surface area contributed by atoms with E-state index in [2.05, 4.69) is 10.2 Å². The van der Waals surface area contributed by atoms with Crippen LogP contribution in [0.2, 0.25) is 0 Å². The predicted molar refractivity (Wildman–Crippen MR) is 97.1 cm³/mol. The van der Waals surface area contributed by atoms with E-state index in [1.807, 2.05) is 6.07 Å². The molecule has 0 unspecified atom stereocenters. The Morgan fingerprint density at radius 2 is 1.96 bits per heavy atom. The Morgan fingerprint density at radius 3 is 2.54 bits per heavy atom. The fourth-order valence-electron chi connectivity index (χ4n) is 3.19. The minimum atomic E-state index is -1.65. The highest BCUT2D eigenvalue weighted by Gasteiger charge is 2.26. The number of nitrogen functional groups attached to an aromatic ring is 1. The number of hydrogen-bond donors (Lipinski definition) is 3. The molecule has 0 spiro atoms. The van der Waals surface area contributed by atoms with Crippen molar-refractivity contribution in [1.29, 1.82) is 0 Å². The molecule has 1 fully saturated rings. The van der Waals surface area contributed by atoms with Crippen LogP contribution < -0.4 is 15.9 Å². The van der Waals surface area contributed by atoms with Crippen LogP contribution >= 0.6 is 0 Å². The second-order valence-electron chi connectivity index (χ2n) is 6.28. The highest BCUT2D eigenvalue weighted by molar-refractivity contribution is 6.59. The molecule has 2 heterocycles. The number of aromatic nitrogens is 2. The number of benzene rings is 1. The first kappa shape index (κ1) is 18.2. The van der Waals surface area contributed by atoms with Crippen LogP contribution in [0, 0.1) is 0 Å². The van der Waals surface area contributed by atoms with Crippen molar-refractivity contribution in [3.05, 3.63) is 41.6 Å². The van der Waals surface area contributed by atoms with Gasteiger partial charge in [-0.25, -0.2) is 0 Å². The number of piperidine rings is 1. The average Bonchev–Trinajstić information content (AvgIpc) is 2.67. The maximum atomic E-state index is 12.7. The van der Waals surface area contributed by atoms with Gasteiger partial charge in [0.25, 0.3) is 5.91 Å². The van der Waals surface area contributed by atoms with Crippen molar-refractivity contribution >= 4 is 24.3 Å². The zero-order chi connectivity index (χ0) is 18.7. The molecule has 0 atom stereocenters. The number of hydrogen-bond acceptors (Lipinski definition) is 7. The molecule has 1 aromatic carbocycles. The van der Waals surface area contributed by atoms with E-state index in [0.717, 1.165) is 18.5 Å². The molecule has 2 aromatic rings. The van der Waals surface area contributed by atoms with Gasteiger partial charge in [-0.15, -0.1) is 5.10 Å². The summed E-state index contributed by atoms with van der Waals surface area (Å²) in [5, 5.41) is 26.7. The Kier molecular flexibility index (Phi) is 5.39. The van der Waals surface area contributed by atoms with Crippen molar-refractivity contribution in [3.8, 4) is 5.75 Å². The molecule has 0 aliphatic carbocycles. The smallest absolute Gasteiger partial charge is 0.492 e. The molecule has 0 saturated carbocycles. The fourth-order valence-corrected chi connectivity index (χ4v) is 3.19. The number of nitrogens with two attached hydrogens (primary N) is 1. The van der Waals surface area contributed by atoms with Crippen LogP contribution in [0.5, 0.6) is 5.75 Å². The number of nitrogens with zero attached hydrogens (tertiary/aromatic N) is 3. The summed E-state index contributed by atoms with van der Waals surface area (Å²) < 4.78 is 5.15. The number of likely N-dealkylation sites (tertiary alicyclic amines) is 1. The summed E-state index contributed by atoms with van der Waals surface area (Å²) in [4.78, 5) is 14.5. The zero-order valence-electron chi connectivity index (χ0n) is 14.5. The Hall–Kier alpha value is -2.65. The van der Waals surface area contributed by atoms with E-state index >= 15 is 0 Å². The number of carbonyl (C=O) groups excluding carboxylic acids is 1. The van der Waals surface area contributed by atoms with E-state index in [1.54, 1.807) is 17.0 Å². The third kappa shape index (κ3) is 3.78. The summed E-state index contributed by atoms with van der Waals surface area (Å²) in [7, 11) is -0.222. The van der Waals surface area contributed by atoms with Crippen LogP contribution in [-0.2, 0) is 0 Å². The van der Waals surface area contributed by atoms with E-state index in [-0.39, 0.29) is 23.0 Å². The van der Waals surface area contributed by atoms with Gasteiger partial charge in [0.05, 0.1) is 12.8 Å². The lowest BCUT2D eigenvalue weighted by Gasteiger charge is -2.31. The molecule has 1 saturated heterocycles. The second kappa shape index (κ2) is 7.71. The molecular formula is C17H21BN4O4. The molecule has 1 aliphatic heterocycles. The van der Waals surface area contributed by atoms with E-state index in [0.29, 0.717) is 24.5 Å². The SMILES string of the molecule is COc1cc(C(=O)N2CCC(c3ccc(N)nn3)CC2)ccc1B(O)O. The van der Waals surface area contributed by atoms with Crippen molar-refractivity contribution in [3.63, 3.8) is 0 Å². The maximum Gasteiger partial charge on any atom is 0.492 e. The van der Waals surface area contributed by atoms with E-state index in [9.17, 15) is 14.8 Å². The third-order valence-electron chi connectivity index (χ3n) is 4.66. The summed E-state index contributed by atoms with van der Waals surface area (Å²) in [5.74, 6) is 0.822. The monoisotopic (exact) mass is 356 g/mol. The molecule has 4 N–H and O–H groups in total. The van der Waals surface area contributed by atoms with E-state index in [4.69, 9.17) is 10.5 Å². The lowest BCUT2D eigenvalue weighted by Crippen LogP contribution is -2.38. The predicted octanol–water partition coefficient (Wildman–Crippen LogP) is -0.233. The van der Waals surface area contributed by atoms with Crippen LogP contribution in [0.3, 0.4) is 0 Å². The number of methoxy groups -OCH3 is 1. The van der Waals surface area contributed by atoms with Crippen molar-refractivity contribution < 1.29 is 19.6 Å². The zero-order valence-corrected chi connectivity index (χ0v) is 14.5. The lowest BCUT2D eigenvalue weighted by molar-refractivity contribution is 0.0711. The minimum absolute atomic E-state index is 0.107. The first-order valence-corrected chi connectivity index (χ1v) is 8.42. The van der Waals surface area contributed by atoms with Crippen molar-refractivity contribution in [2.75, 3.05) is 25.9 Å². The minimum Gasteiger partial charge on any atom is -0.497 e. The number of carbonyl (C=O) groups is 1. The summed E-state index contributed by atoms with van der Waals surface area (Å²) in [6.07, 6.45) is 1.60. The first-order chi connectivity index (χ1) is 12.5. The largest absolute Gasteiger partial charge is 0.497 e. The van der Waals surface area contributed by atoms with Crippen molar-refractivity contribution in [2.45, 2.75) is 18.8 Å². The molecule has 1 amide bonds. The van der Waals surface area contributed by atoms with Gasteiger partial charge in [-0.2, -0.15) is 5.10 Å². The molecule has 26 heavy (non-hydrogen) atoms. The van der Waals surface area contributed by atoms with Gasteiger partial charge in [-0.3, -0.25) is 4.79 Å². The quantitative estimate of drug-likeness (QED) is 0.647. The molecule has 136 valence electrons. The van der Waals surface area contributed by atoms with Crippen molar-refractivity contribution in [1.82, 2.24) is 15.1 Å². The van der Waals surface area contributed by atoms with Gasteiger partial charge in [0.15, 0.2) is 0 Å². The summed E-state index contributed by atoms with van der Waals surface area (Å²) in [6.45, 7) is 1.23. The Balaban J connectivity index is 1.67. The average molecular weight is 356 g/mol. The highest BCUT2D eigenvalue weighted by atomic mass is 16.5. The Bertz CT molecular complexity index is 777. The standard InChI is InChI=1S/C17H21BN4O4/c1-26-15-10-12(2-3-13(15)18(24)25)17(23)22-8-6-11(7-9-22)14-4-5-16(19)21-20-14/h2-5,10-11,24-25H,6-9H2,1H3,(H2,19,21). The van der Waals surface area contributed by atoms with Crippen molar-refractivity contribution in [2.24, 2.45) is 0 Å². The molecule has 9 heteroatoms. The second-order valence-corrected chi connectivity index (χ2v) is 6.28. The normalized spacial score (nSPS) is 15.0. The topological polar surface area (TPSA) is 122 Å².